The lowest BCUT2D eigenvalue weighted by Crippen LogP contribution is -2.71. The van der Waals surface area contributed by atoms with Crippen molar-refractivity contribution in [2.24, 2.45) is 17.3 Å². The van der Waals surface area contributed by atoms with Gasteiger partial charge in [0, 0.05) is 29.9 Å². The summed E-state index contributed by atoms with van der Waals surface area (Å²) in [6.45, 7) is 6.88. The Morgan fingerprint density at radius 3 is 2.46 bits per heavy atom. The van der Waals surface area contributed by atoms with Crippen LogP contribution in [0.25, 0.3) is 0 Å². The summed E-state index contributed by atoms with van der Waals surface area (Å²) in [6.07, 6.45) is -6.73. The van der Waals surface area contributed by atoms with Crippen molar-refractivity contribution in [3.8, 4) is 0 Å². The van der Waals surface area contributed by atoms with E-state index < -0.39 is 70.1 Å². The van der Waals surface area contributed by atoms with Gasteiger partial charge < -0.3 is 24.1 Å². The lowest BCUT2D eigenvalue weighted by molar-refractivity contribution is -0.296. The van der Waals surface area contributed by atoms with Crippen molar-refractivity contribution in [2.45, 2.75) is 69.1 Å². The van der Waals surface area contributed by atoms with Gasteiger partial charge in [0.1, 0.15) is 17.3 Å². The smallest absolute Gasteiger partial charge is 0.432 e. The number of rotatable bonds is 4. The Bertz CT molecular complexity index is 1270. The number of ketones is 1. The van der Waals surface area contributed by atoms with E-state index in [9.17, 15) is 32.7 Å². The quantitative estimate of drug-likeness (QED) is 0.445. The number of aliphatic hydroxyl groups is 1. The summed E-state index contributed by atoms with van der Waals surface area (Å²) in [4.78, 5) is 40.2. The van der Waals surface area contributed by atoms with Crippen molar-refractivity contribution in [1.82, 2.24) is 0 Å². The fourth-order valence-corrected chi connectivity index (χ4v) is 7.00. The van der Waals surface area contributed by atoms with Gasteiger partial charge in [0.15, 0.2) is 23.4 Å². The van der Waals surface area contributed by atoms with Crippen molar-refractivity contribution < 1.29 is 51.6 Å². The molecule has 1 aromatic carbocycles. The third kappa shape index (κ3) is 3.55. The number of cyclic esters (lactones) is 1. The molecule has 2 fully saturated rings. The van der Waals surface area contributed by atoms with Crippen LogP contribution in [0.15, 0.2) is 54.0 Å². The molecule has 0 unspecified atom stereocenters. The van der Waals surface area contributed by atoms with Crippen molar-refractivity contribution in [3.05, 3.63) is 59.6 Å². The molecule has 8 nitrogen and oxygen atoms in total. The second-order valence-electron chi connectivity index (χ2n) is 10.9. The number of carbonyl (C=O) groups is 3. The van der Waals surface area contributed by atoms with Crippen LogP contribution in [0, 0.1) is 17.3 Å². The molecule has 0 radical (unpaired) electrons. The molecule has 0 amide bonds. The molecule has 210 valence electrons. The lowest BCUT2D eigenvalue weighted by Gasteiger charge is -2.59. The van der Waals surface area contributed by atoms with Crippen molar-refractivity contribution in [1.29, 1.82) is 0 Å². The Kier molecular flexibility index (Phi) is 6.26. The summed E-state index contributed by atoms with van der Waals surface area (Å²) in [5.74, 6) is -5.47. The maximum absolute atomic E-state index is 14.6. The van der Waals surface area contributed by atoms with E-state index in [1.54, 1.807) is 13.8 Å². The van der Waals surface area contributed by atoms with Crippen LogP contribution in [0.1, 0.15) is 45.1 Å². The van der Waals surface area contributed by atoms with Gasteiger partial charge in [0.25, 0.3) is 5.60 Å². The number of benzene rings is 1. The second-order valence-corrected chi connectivity index (χ2v) is 10.9. The lowest BCUT2D eigenvalue weighted by atomic mass is 9.48. The van der Waals surface area contributed by atoms with Gasteiger partial charge in [-0.1, -0.05) is 63.6 Å². The summed E-state index contributed by atoms with van der Waals surface area (Å²) in [7, 11) is 0.754. The van der Waals surface area contributed by atoms with Crippen molar-refractivity contribution >= 4 is 17.7 Å². The van der Waals surface area contributed by atoms with Crippen LogP contribution in [-0.2, 0) is 38.9 Å². The highest BCUT2D eigenvalue weighted by Gasteiger charge is 2.72. The molecule has 5 rings (SSSR count). The second kappa shape index (κ2) is 8.92. The van der Waals surface area contributed by atoms with Crippen molar-refractivity contribution in [2.75, 3.05) is 7.11 Å². The summed E-state index contributed by atoms with van der Waals surface area (Å²) in [5, 5.41) is 12.1. The Hall–Kier alpha value is -3.18. The summed E-state index contributed by atoms with van der Waals surface area (Å²) in [5.41, 5.74) is -7.66. The zero-order chi connectivity index (χ0) is 28.5. The van der Waals surface area contributed by atoms with E-state index in [-0.39, 0.29) is 23.5 Å². The number of Topliss-reactive ketones (excluding diaryl/α,β-unsaturated/α-hetero) is 1. The van der Waals surface area contributed by atoms with E-state index in [2.05, 4.69) is 6.58 Å². The number of alkyl halides is 3. The van der Waals surface area contributed by atoms with E-state index in [4.69, 9.17) is 18.9 Å². The zero-order valence-electron chi connectivity index (χ0n) is 21.7. The first-order chi connectivity index (χ1) is 18.2. The molecule has 0 spiro atoms. The Labute approximate surface area is 222 Å². The summed E-state index contributed by atoms with van der Waals surface area (Å²) in [6, 6.07) is 6.35. The third-order valence-corrected chi connectivity index (χ3v) is 9.15. The minimum absolute atomic E-state index is 0.0401. The molecular weight excluding hydrogens is 521 g/mol. The van der Waals surface area contributed by atoms with Gasteiger partial charge in [-0.05, 0) is 12.8 Å². The van der Waals surface area contributed by atoms with Crippen LogP contribution in [0.5, 0.6) is 0 Å². The number of esters is 2. The van der Waals surface area contributed by atoms with E-state index in [0.717, 1.165) is 19.2 Å². The van der Waals surface area contributed by atoms with Crippen LogP contribution in [-0.4, -0.2) is 53.9 Å². The van der Waals surface area contributed by atoms with Gasteiger partial charge in [-0.25, -0.2) is 9.59 Å². The van der Waals surface area contributed by atoms with Crippen LogP contribution in [0.3, 0.4) is 0 Å². The fourth-order valence-electron chi connectivity index (χ4n) is 7.00. The Morgan fingerprint density at radius 1 is 1.18 bits per heavy atom. The first kappa shape index (κ1) is 27.4. The number of carbonyl (C=O) groups excluding carboxylic acids is 3. The molecule has 1 aromatic rings. The minimum Gasteiger partial charge on any atom is -0.481 e. The molecule has 2 aliphatic heterocycles. The average molecular weight is 551 g/mol. The Morgan fingerprint density at radius 2 is 1.85 bits per heavy atom. The van der Waals surface area contributed by atoms with Gasteiger partial charge in [-0.15, -0.1) is 0 Å². The molecule has 39 heavy (non-hydrogen) atoms. The maximum atomic E-state index is 14.6. The van der Waals surface area contributed by atoms with E-state index >= 15 is 0 Å². The van der Waals surface area contributed by atoms with Crippen LogP contribution in [0.2, 0.25) is 0 Å². The number of hydrogen-bond acceptors (Lipinski definition) is 8. The van der Waals surface area contributed by atoms with E-state index in [1.165, 1.54) is 18.2 Å². The molecule has 4 aliphatic rings. The molecule has 2 aliphatic carbocycles. The molecule has 0 aromatic heterocycles. The van der Waals surface area contributed by atoms with Gasteiger partial charge in [0.2, 0.25) is 0 Å². The molecule has 2 saturated carbocycles. The van der Waals surface area contributed by atoms with E-state index in [1.807, 2.05) is 0 Å². The maximum Gasteiger partial charge on any atom is 0.432 e. The molecule has 1 N–H and O–H groups in total. The number of ether oxygens (including phenoxy) is 4. The van der Waals surface area contributed by atoms with Gasteiger partial charge in [0.05, 0.1) is 0 Å². The predicted octanol–water partition coefficient (Wildman–Crippen LogP) is 3.87. The average Bonchev–Trinajstić information content (AvgIpc) is 3.13. The van der Waals surface area contributed by atoms with Crippen LogP contribution >= 0.6 is 0 Å². The molecule has 11 heteroatoms. The van der Waals surface area contributed by atoms with Crippen LogP contribution < -0.4 is 0 Å². The molecule has 7 atom stereocenters. The summed E-state index contributed by atoms with van der Waals surface area (Å²) >= 11 is 0. The highest BCUT2D eigenvalue weighted by molar-refractivity contribution is 6.22. The first-order valence-corrected chi connectivity index (χ1v) is 12.7. The van der Waals surface area contributed by atoms with E-state index in [0.29, 0.717) is 19.3 Å². The topological polar surface area (TPSA) is 108 Å². The standard InChI is InChI=1S/C28H29F3O8/c1-14-19-22(39-24(34)27(36-4,28(29,30)31)16-10-6-5-7-11-16)26(35)13-9-8-12-17(26)25(14,3)21(32)18-20(38-19)15(2)37-23(18)33/h5-7,10-11,14,17,19,22,35H,2,8-9,12-13H2,1,3-4H3/t14-,17+,19+,22-,25-,26+,27+/m1/s1. The summed E-state index contributed by atoms with van der Waals surface area (Å²) < 4.78 is 65.5. The number of halogens is 3. The minimum atomic E-state index is -5.24. The van der Waals surface area contributed by atoms with Gasteiger partial charge in [-0.3, -0.25) is 4.79 Å². The number of methoxy groups -OCH3 is 1. The largest absolute Gasteiger partial charge is 0.481 e. The molecule has 2 bridgehead atoms. The number of hydrogen-bond donors (Lipinski definition) is 1. The molecule has 2 heterocycles. The monoisotopic (exact) mass is 550 g/mol. The van der Waals surface area contributed by atoms with Crippen molar-refractivity contribution in [3.63, 3.8) is 0 Å². The predicted molar refractivity (Wildman–Crippen MR) is 127 cm³/mol. The first-order valence-electron chi connectivity index (χ1n) is 12.7. The highest BCUT2D eigenvalue weighted by atomic mass is 19.4. The SMILES string of the molecule is C=C1OC(=O)C2=C1O[C@@H]1[C@@H](OC(=O)[C@@](OC)(c3ccccc3)C(F)(F)F)[C@]3(O)CCCC[C@H]3[C@](C)(C2=O)[C@@H]1C. The van der Waals surface area contributed by atoms with Crippen LogP contribution in [0.4, 0.5) is 13.2 Å². The molecular formula is C28H29F3O8. The highest BCUT2D eigenvalue weighted by Crippen LogP contribution is 2.61. The normalized spacial score (nSPS) is 35.7. The molecule has 0 saturated heterocycles. The van der Waals surface area contributed by atoms with Gasteiger partial charge in [-0.2, -0.15) is 13.2 Å². The number of fused-ring (bicyclic) bond motifs is 4. The third-order valence-electron chi connectivity index (χ3n) is 9.15. The fraction of sp³-hybridized carbons (Fsp3) is 0.536. The van der Waals surface area contributed by atoms with Gasteiger partial charge >= 0.3 is 18.1 Å². The Balaban J connectivity index is 1.66. The zero-order valence-corrected chi connectivity index (χ0v) is 21.7.